The molecular formula is C15H21NO3. The van der Waals surface area contributed by atoms with Crippen LogP contribution in [-0.4, -0.2) is 17.0 Å². The number of carboxylic acids is 1. The van der Waals surface area contributed by atoms with Gasteiger partial charge in [-0.05, 0) is 37.3 Å². The second-order valence-corrected chi connectivity index (χ2v) is 4.61. The number of hydrogen-bond donors (Lipinski definition) is 2. The van der Waals surface area contributed by atoms with Crippen molar-refractivity contribution in [3.63, 3.8) is 0 Å². The lowest BCUT2D eigenvalue weighted by molar-refractivity contribution is -0.137. The molecule has 104 valence electrons. The van der Waals surface area contributed by atoms with Gasteiger partial charge < -0.3 is 10.4 Å². The van der Waals surface area contributed by atoms with Crippen molar-refractivity contribution >= 4 is 17.6 Å². The van der Waals surface area contributed by atoms with Gasteiger partial charge in [0.1, 0.15) is 0 Å². The first-order valence-corrected chi connectivity index (χ1v) is 6.64. The van der Waals surface area contributed by atoms with Gasteiger partial charge in [0.15, 0.2) is 0 Å². The predicted molar refractivity (Wildman–Crippen MR) is 75.3 cm³/mol. The first-order chi connectivity index (χ1) is 9.04. The molecule has 0 atom stereocenters. The summed E-state index contributed by atoms with van der Waals surface area (Å²) in [5.41, 5.74) is 3.07. The average Bonchev–Trinajstić information content (AvgIpc) is 2.37. The first kappa shape index (κ1) is 15.2. The molecule has 0 saturated heterocycles. The van der Waals surface area contributed by atoms with E-state index in [4.69, 9.17) is 5.11 Å². The number of nitrogens with one attached hydrogen (secondary N) is 1. The Balaban J connectivity index is 2.50. The molecule has 0 aliphatic heterocycles. The van der Waals surface area contributed by atoms with E-state index in [9.17, 15) is 9.59 Å². The minimum atomic E-state index is -0.812. The summed E-state index contributed by atoms with van der Waals surface area (Å²) in [6.07, 6.45) is 2.50. The fourth-order valence-electron chi connectivity index (χ4n) is 1.97. The molecule has 0 heterocycles. The molecule has 4 nitrogen and oxygen atoms in total. The van der Waals surface area contributed by atoms with Crippen molar-refractivity contribution < 1.29 is 14.7 Å². The Morgan fingerprint density at radius 2 is 1.89 bits per heavy atom. The number of rotatable bonds is 7. The molecule has 0 saturated carbocycles. The van der Waals surface area contributed by atoms with Crippen LogP contribution in [0, 0.1) is 6.92 Å². The molecule has 1 amide bonds. The van der Waals surface area contributed by atoms with Crippen LogP contribution in [0.25, 0.3) is 0 Å². The van der Waals surface area contributed by atoms with Crippen LogP contribution in [0.15, 0.2) is 18.2 Å². The zero-order valence-electron chi connectivity index (χ0n) is 11.5. The van der Waals surface area contributed by atoms with Crippen molar-refractivity contribution in [1.82, 2.24) is 0 Å². The minimum Gasteiger partial charge on any atom is -0.481 e. The molecule has 0 fully saturated rings. The maximum absolute atomic E-state index is 11.8. The summed E-state index contributed by atoms with van der Waals surface area (Å²) >= 11 is 0. The second-order valence-electron chi connectivity index (χ2n) is 4.61. The van der Waals surface area contributed by atoms with E-state index >= 15 is 0 Å². The summed E-state index contributed by atoms with van der Waals surface area (Å²) in [4.78, 5) is 22.2. The third kappa shape index (κ3) is 5.12. The van der Waals surface area contributed by atoms with Crippen molar-refractivity contribution in [2.45, 2.75) is 46.0 Å². The number of aliphatic carboxylic acids is 1. The van der Waals surface area contributed by atoms with Crippen molar-refractivity contribution in [2.75, 3.05) is 5.32 Å². The number of para-hydroxylation sites is 1. The molecule has 0 aliphatic carbocycles. The SMILES string of the molecule is CCc1cccc(C)c1NC(=O)CCCCC(=O)O. The number of carboxylic acid groups (broad SMARTS) is 1. The highest BCUT2D eigenvalue weighted by Gasteiger charge is 2.08. The molecular weight excluding hydrogens is 242 g/mol. The molecule has 0 unspecified atom stereocenters. The Labute approximate surface area is 113 Å². The van der Waals surface area contributed by atoms with Crippen LogP contribution < -0.4 is 5.32 Å². The maximum atomic E-state index is 11.8. The van der Waals surface area contributed by atoms with Gasteiger partial charge in [0.2, 0.25) is 5.91 Å². The van der Waals surface area contributed by atoms with E-state index in [1.807, 2.05) is 25.1 Å². The highest BCUT2D eigenvalue weighted by Crippen LogP contribution is 2.21. The van der Waals surface area contributed by atoms with Crippen LogP contribution in [0.4, 0.5) is 5.69 Å². The summed E-state index contributed by atoms with van der Waals surface area (Å²) in [6.45, 7) is 4.02. The van der Waals surface area contributed by atoms with Gasteiger partial charge in [-0.2, -0.15) is 0 Å². The van der Waals surface area contributed by atoms with Crippen LogP contribution in [0.5, 0.6) is 0 Å². The van der Waals surface area contributed by atoms with Crippen molar-refractivity contribution in [1.29, 1.82) is 0 Å². The van der Waals surface area contributed by atoms with E-state index in [1.54, 1.807) is 0 Å². The lowest BCUT2D eigenvalue weighted by atomic mass is 10.1. The van der Waals surface area contributed by atoms with Crippen LogP contribution in [0.3, 0.4) is 0 Å². The number of amides is 1. The van der Waals surface area contributed by atoms with Crippen molar-refractivity contribution in [2.24, 2.45) is 0 Å². The van der Waals surface area contributed by atoms with E-state index in [1.165, 1.54) is 0 Å². The van der Waals surface area contributed by atoms with E-state index in [2.05, 4.69) is 12.2 Å². The predicted octanol–water partition coefficient (Wildman–Crippen LogP) is 3.14. The standard InChI is InChI=1S/C15H21NO3/c1-3-12-8-6-7-11(2)15(12)16-13(17)9-4-5-10-14(18)19/h6-8H,3-5,9-10H2,1-2H3,(H,16,17)(H,18,19). The van der Waals surface area contributed by atoms with Crippen molar-refractivity contribution in [3.8, 4) is 0 Å². The third-order valence-electron chi connectivity index (χ3n) is 3.05. The summed E-state index contributed by atoms with van der Waals surface area (Å²) in [6, 6.07) is 5.96. The van der Waals surface area contributed by atoms with Gasteiger partial charge in [-0.3, -0.25) is 9.59 Å². The Morgan fingerprint density at radius 1 is 1.21 bits per heavy atom. The number of hydrogen-bond acceptors (Lipinski definition) is 2. The monoisotopic (exact) mass is 263 g/mol. The summed E-state index contributed by atoms with van der Waals surface area (Å²) < 4.78 is 0. The minimum absolute atomic E-state index is 0.0469. The second kappa shape index (κ2) is 7.56. The Hall–Kier alpha value is -1.84. The maximum Gasteiger partial charge on any atom is 0.303 e. The third-order valence-corrected chi connectivity index (χ3v) is 3.05. The largest absolute Gasteiger partial charge is 0.481 e. The van der Waals surface area contributed by atoms with Crippen LogP contribution in [0.1, 0.15) is 43.7 Å². The molecule has 0 aliphatic rings. The zero-order valence-corrected chi connectivity index (χ0v) is 11.5. The van der Waals surface area contributed by atoms with Crippen molar-refractivity contribution in [3.05, 3.63) is 29.3 Å². The Morgan fingerprint density at radius 3 is 2.53 bits per heavy atom. The van der Waals surface area contributed by atoms with Crippen LogP contribution in [0.2, 0.25) is 0 Å². The van der Waals surface area contributed by atoms with E-state index in [-0.39, 0.29) is 12.3 Å². The molecule has 1 aromatic carbocycles. The number of aryl methyl sites for hydroxylation is 2. The molecule has 1 aromatic rings. The number of anilines is 1. The highest BCUT2D eigenvalue weighted by atomic mass is 16.4. The quantitative estimate of drug-likeness (QED) is 0.743. The number of carbonyl (C=O) groups excluding carboxylic acids is 1. The van der Waals surface area contributed by atoms with Gasteiger partial charge in [-0.1, -0.05) is 25.1 Å². The molecule has 1 rings (SSSR count). The molecule has 2 N–H and O–H groups in total. The molecule has 4 heteroatoms. The molecule has 0 spiro atoms. The Bertz CT molecular complexity index is 455. The van der Waals surface area contributed by atoms with E-state index in [0.717, 1.165) is 23.2 Å². The van der Waals surface area contributed by atoms with Gasteiger partial charge in [-0.25, -0.2) is 0 Å². The summed E-state index contributed by atoms with van der Waals surface area (Å²) in [5.74, 6) is -0.859. The molecule has 0 bridgehead atoms. The zero-order chi connectivity index (χ0) is 14.3. The van der Waals surface area contributed by atoms with Gasteiger partial charge in [-0.15, -0.1) is 0 Å². The number of unbranched alkanes of at least 4 members (excludes halogenated alkanes) is 1. The lowest BCUT2D eigenvalue weighted by Crippen LogP contribution is -2.13. The first-order valence-electron chi connectivity index (χ1n) is 6.64. The normalized spacial score (nSPS) is 10.2. The molecule has 19 heavy (non-hydrogen) atoms. The summed E-state index contributed by atoms with van der Waals surface area (Å²) in [7, 11) is 0. The fraction of sp³-hybridized carbons (Fsp3) is 0.467. The number of benzene rings is 1. The van der Waals surface area contributed by atoms with Gasteiger partial charge in [0.05, 0.1) is 0 Å². The van der Waals surface area contributed by atoms with Crippen LogP contribution in [-0.2, 0) is 16.0 Å². The molecule has 0 radical (unpaired) electrons. The lowest BCUT2D eigenvalue weighted by Gasteiger charge is -2.12. The summed E-state index contributed by atoms with van der Waals surface area (Å²) in [5, 5.41) is 11.4. The van der Waals surface area contributed by atoms with E-state index in [0.29, 0.717) is 19.3 Å². The topological polar surface area (TPSA) is 66.4 Å². The van der Waals surface area contributed by atoms with Gasteiger partial charge in [0, 0.05) is 18.5 Å². The van der Waals surface area contributed by atoms with E-state index < -0.39 is 5.97 Å². The average molecular weight is 263 g/mol. The highest BCUT2D eigenvalue weighted by molar-refractivity contribution is 5.92. The van der Waals surface area contributed by atoms with Gasteiger partial charge >= 0.3 is 5.97 Å². The van der Waals surface area contributed by atoms with Gasteiger partial charge in [0.25, 0.3) is 0 Å². The number of carbonyl (C=O) groups is 2. The fourth-order valence-corrected chi connectivity index (χ4v) is 1.97. The Kier molecular flexibility index (Phi) is 6.06. The smallest absolute Gasteiger partial charge is 0.303 e. The molecule has 0 aromatic heterocycles. The van der Waals surface area contributed by atoms with Crippen LogP contribution >= 0.6 is 0 Å².